The first-order valence-corrected chi connectivity index (χ1v) is 13.1. The Morgan fingerprint density at radius 1 is 0.972 bits per heavy atom. The standard InChI is InChI=1S/C25H26FN7O2S/c1-16-3-8-23(31-30-16)17(2)29-25-21-13-19(18-4-6-20(26)7-5-18)14-24(22(21)15-28-32-25)36(34,35)33-11-9-27-10-12-33/h3-8,13-15,17,27H,9-12H2,1-2H3,(H,29,32)/t17-/m1/s1. The predicted molar refractivity (Wildman–Crippen MR) is 135 cm³/mol. The van der Waals surface area contributed by atoms with E-state index in [0.717, 1.165) is 5.69 Å². The highest BCUT2D eigenvalue weighted by Crippen LogP contribution is 2.35. The third-order valence-corrected chi connectivity index (χ3v) is 8.17. The molecule has 5 rings (SSSR count). The summed E-state index contributed by atoms with van der Waals surface area (Å²) in [4.78, 5) is 0.141. The number of aromatic nitrogens is 4. The lowest BCUT2D eigenvalue weighted by molar-refractivity contribution is 0.360. The lowest BCUT2D eigenvalue weighted by Crippen LogP contribution is -2.46. The topological polar surface area (TPSA) is 113 Å². The quantitative estimate of drug-likeness (QED) is 0.409. The number of hydrogen-bond donors (Lipinski definition) is 2. The van der Waals surface area contributed by atoms with E-state index in [0.29, 0.717) is 59.6 Å². The number of benzene rings is 2. The summed E-state index contributed by atoms with van der Waals surface area (Å²) in [6.07, 6.45) is 1.47. The van der Waals surface area contributed by atoms with Crippen molar-refractivity contribution in [2.75, 3.05) is 31.5 Å². The minimum atomic E-state index is -3.83. The van der Waals surface area contributed by atoms with E-state index >= 15 is 0 Å². The molecule has 2 aromatic carbocycles. The van der Waals surface area contributed by atoms with E-state index in [1.54, 1.807) is 18.2 Å². The van der Waals surface area contributed by atoms with Crippen molar-refractivity contribution in [1.29, 1.82) is 0 Å². The summed E-state index contributed by atoms with van der Waals surface area (Å²) < 4.78 is 42.6. The van der Waals surface area contributed by atoms with Gasteiger partial charge in [0.2, 0.25) is 10.0 Å². The van der Waals surface area contributed by atoms with Gasteiger partial charge >= 0.3 is 0 Å². The van der Waals surface area contributed by atoms with Crippen LogP contribution in [0.1, 0.15) is 24.4 Å². The molecule has 1 aliphatic rings. The van der Waals surface area contributed by atoms with Crippen molar-refractivity contribution in [3.05, 3.63) is 71.9 Å². The maximum absolute atomic E-state index is 13.8. The monoisotopic (exact) mass is 507 g/mol. The van der Waals surface area contributed by atoms with E-state index in [2.05, 4.69) is 31.0 Å². The van der Waals surface area contributed by atoms with Crippen molar-refractivity contribution in [2.24, 2.45) is 0 Å². The van der Waals surface area contributed by atoms with E-state index in [-0.39, 0.29) is 16.8 Å². The van der Waals surface area contributed by atoms with E-state index in [1.165, 1.54) is 22.6 Å². The van der Waals surface area contributed by atoms with Crippen LogP contribution in [-0.4, -0.2) is 59.3 Å². The number of nitrogens with zero attached hydrogens (tertiary/aromatic N) is 5. The maximum Gasteiger partial charge on any atom is 0.243 e. The molecule has 1 saturated heterocycles. The van der Waals surface area contributed by atoms with Gasteiger partial charge in [-0.15, -0.1) is 5.10 Å². The number of sulfonamides is 1. The number of nitrogens with one attached hydrogen (secondary N) is 2. The Morgan fingerprint density at radius 3 is 2.42 bits per heavy atom. The second kappa shape index (κ2) is 9.84. The summed E-state index contributed by atoms with van der Waals surface area (Å²) in [7, 11) is -3.83. The number of halogens is 1. The largest absolute Gasteiger partial charge is 0.360 e. The first-order chi connectivity index (χ1) is 17.3. The third kappa shape index (κ3) is 4.77. The Balaban J connectivity index is 1.66. The van der Waals surface area contributed by atoms with Crippen LogP contribution >= 0.6 is 0 Å². The molecule has 36 heavy (non-hydrogen) atoms. The van der Waals surface area contributed by atoms with Crippen LogP contribution in [0.3, 0.4) is 0 Å². The van der Waals surface area contributed by atoms with Crippen molar-refractivity contribution in [2.45, 2.75) is 24.8 Å². The van der Waals surface area contributed by atoms with E-state index in [4.69, 9.17) is 0 Å². The van der Waals surface area contributed by atoms with Gasteiger partial charge < -0.3 is 10.6 Å². The summed E-state index contributed by atoms with van der Waals surface area (Å²) in [5, 5.41) is 24.3. The molecule has 3 heterocycles. The van der Waals surface area contributed by atoms with Crippen molar-refractivity contribution in [3.8, 4) is 11.1 Å². The molecule has 0 bridgehead atoms. The van der Waals surface area contributed by atoms with Gasteiger partial charge in [0.15, 0.2) is 5.82 Å². The summed E-state index contributed by atoms with van der Waals surface area (Å²) in [5.41, 5.74) is 2.84. The Bertz CT molecular complexity index is 1490. The highest BCUT2D eigenvalue weighted by molar-refractivity contribution is 7.89. The zero-order valence-electron chi connectivity index (χ0n) is 19.9. The summed E-state index contributed by atoms with van der Waals surface area (Å²) in [6, 6.07) is 12.9. The van der Waals surface area contributed by atoms with Crippen molar-refractivity contribution in [3.63, 3.8) is 0 Å². The molecule has 0 spiro atoms. The van der Waals surface area contributed by atoms with Gasteiger partial charge in [0.1, 0.15) is 5.82 Å². The van der Waals surface area contributed by atoms with E-state index in [1.807, 2.05) is 32.0 Å². The Kier molecular flexibility index (Phi) is 6.61. The van der Waals surface area contributed by atoms with Crippen LogP contribution in [0.15, 0.2) is 59.6 Å². The number of rotatable bonds is 6. The molecule has 0 aliphatic carbocycles. The SMILES string of the molecule is Cc1ccc([C@@H](C)Nc2nncc3c(S(=O)(=O)N4CCNCC4)cc(-c4ccc(F)cc4)cc23)nn1. The number of hydrogen-bond acceptors (Lipinski definition) is 8. The van der Waals surface area contributed by atoms with Gasteiger partial charge in [0.25, 0.3) is 0 Å². The zero-order valence-corrected chi connectivity index (χ0v) is 20.8. The highest BCUT2D eigenvalue weighted by Gasteiger charge is 2.29. The first kappa shape index (κ1) is 24.2. The Hall–Kier alpha value is -3.54. The first-order valence-electron chi connectivity index (χ1n) is 11.7. The van der Waals surface area contributed by atoms with Crippen molar-refractivity contribution in [1.82, 2.24) is 30.0 Å². The smallest absolute Gasteiger partial charge is 0.243 e. The highest BCUT2D eigenvalue weighted by atomic mass is 32.2. The minimum Gasteiger partial charge on any atom is -0.360 e. The molecule has 2 aromatic heterocycles. The summed E-state index contributed by atoms with van der Waals surface area (Å²) >= 11 is 0. The van der Waals surface area contributed by atoms with Gasteiger partial charge in [-0.3, -0.25) is 0 Å². The van der Waals surface area contributed by atoms with E-state index in [9.17, 15) is 12.8 Å². The molecule has 2 N–H and O–H groups in total. The number of fused-ring (bicyclic) bond motifs is 1. The molecule has 1 atom stereocenters. The predicted octanol–water partition coefficient (Wildman–Crippen LogP) is 3.30. The number of anilines is 1. The molecule has 0 saturated carbocycles. The molecule has 9 nitrogen and oxygen atoms in total. The molecular formula is C25H26FN7O2S. The molecule has 1 aliphatic heterocycles. The molecule has 0 amide bonds. The fraction of sp³-hybridized carbons (Fsp3) is 0.280. The second-order valence-electron chi connectivity index (χ2n) is 8.76. The molecule has 0 unspecified atom stereocenters. The fourth-order valence-electron chi connectivity index (χ4n) is 4.23. The summed E-state index contributed by atoms with van der Waals surface area (Å²) in [6.45, 7) is 5.69. The molecule has 1 fully saturated rings. The normalized spacial score (nSPS) is 15.6. The van der Waals surface area contributed by atoms with Crippen molar-refractivity contribution >= 4 is 26.6 Å². The molecule has 11 heteroatoms. The van der Waals surface area contributed by atoms with Crippen LogP contribution in [0.5, 0.6) is 0 Å². The second-order valence-corrected chi connectivity index (χ2v) is 10.7. The Labute approximate surface area is 208 Å². The van der Waals surface area contributed by atoms with Crippen LogP contribution < -0.4 is 10.6 Å². The van der Waals surface area contributed by atoms with Crippen LogP contribution in [-0.2, 0) is 10.0 Å². The summed E-state index contributed by atoms with van der Waals surface area (Å²) in [5.74, 6) is 0.0533. The molecule has 4 aromatic rings. The zero-order chi connectivity index (χ0) is 25.3. The lowest BCUT2D eigenvalue weighted by atomic mass is 10.0. The van der Waals surface area contributed by atoms with Gasteiger partial charge in [-0.25, -0.2) is 12.8 Å². The van der Waals surface area contributed by atoms with Gasteiger partial charge in [0.05, 0.1) is 28.5 Å². The molecular weight excluding hydrogens is 481 g/mol. The minimum absolute atomic E-state index is 0.141. The van der Waals surface area contributed by atoms with Gasteiger partial charge in [-0.05, 0) is 61.4 Å². The fourth-order valence-corrected chi connectivity index (χ4v) is 5.88. The van der Waals surface area contributed by atoms with Gasteiger partial charge in [0, 0.05) is 37.0 Å². The molecule has 0 radical (unpaired) electrons. The van der Waals surface area contributed by atoms with E-state index < -0.39 is 10.0 Å². The van der Waals surface area contributed by atoms with Crippen LogP contribution in [0.2, 0.25) is 0 Å². The Morgan fingerprint density at radius 2 is 1.72 bits per heavy atom. The van der Waals surface area contributed by atoms with Crippen LogP contribution in [0, 0.1) is 12.7 Å². The average Bonchev–Trinajstić information content (AvgIpc) is 2.89. The third-order valence-electron chi connectivity index (χ3n) is 6.23. The van der Waals surface area contributed by atoms with Gasteiger partial charge in [-0.1, -0.05) is 12.1 Å². The molecule has 186 valence electrons. The maximum atomic E-state index is 13.8. The number of piperazine rings is 1. The van der Waals surface area contributed by atoms with Gasteiger partial charge in [-0.2, -0.15) is 19.6 Å². The number of aryl methyl sites for hydroxylation is 1. The lowest BCUT2D eigenvalue weighted by Gasteiger charge is -2.27. The van der Waals surface area contributed by atoms with Crippen molar-refractivity contribution < 1.29 is 12.8 Å². The average molecular weight is 508 g/mol. The van der Waals surface area contributed by atoms with Crippen LogP contribution in [0.4, 0.5) is 10.2 Å². The van der Waals surface area contributed by atoms with Crippen LogP contribution in [0.25, 0.3) is 21.9 Å².